The van der Waals surface area contributed by atoms with Gasteiger partial charge in [-0.3, -0.25) is 14.5 Å². The topological polar surface area (TPSA) is 70.7 Å². The predicted octanol–water partition coefficient (Wildman–Crippen LogP) is 5.05. The summed E-state index contributed by atoms with van der Waals surface area (Å²) in [5, 5.41) is 6.86. The highest BCUT2D eigenvalue weighted by Gasteiger charge is 2.19. The van der Waals surface area contributed by atoms with Gasteiger partial charge in [-0.2, -0.15) is 0 Å². The number of ether oxygens (including phenoxy) is 1. The fourth-order valence-electron chi connectivity index (χ4n) is 3.55. The summed E-state index contributed by atoms with van der Waals surface area (Å²) >= 11 is 7.36. The number of anilines is 2. The van der Waals surface area contributed by atoms with Crippen molar-refractivity contribution in [3.63, 3.8) is 0 Å². The summed E-state index contributed by atoms with van der Waals surface area (Å²) < 4.78 is 5.42. The fourth-order valence-corrected chi connectivity index (χ4v) is 4.74. The second-order valence-corrected chi connectivity index (χ2v) is 9.02. The number of carbonyl (C=O) groups excluding carboxylic acids is 2. The number of nitrogens with one attached hydrogen (secondary N) is 2. The van der Waals surface area contributed by atoms with Crippen molar-refractivity contribution in [2.24, 2.45) is 0 Å². The maximum Gasteiger partial charge on any atom is 0.266 e. The standard InChI is InChI=1S/C24H24ClN3O3S/c1-16-14-21(27-23(29)18-7-3-4-8-19(18)25)32-22(16)24(30)26-20-9-5-2-6-17(20)15-28-10-12-31-13-11-28/h2-9,14H,10-13,15H2,1H3,(H,26,30)(H,27,29). The molecule has 2 aromatic carbocycles. The second-order valence-electron chi connectivity index (χ2n) is 7.56. The maximum absolute atomic E-state index is 13.0. The van der Waals surface area contributed by atoms with Gasteiger partial charge >= 0.3 is 0 Å². The summed E-state index contributed by atoms with van der Waals surface area (Å²) in [5.74, 6) is -0.500. The number of aryl methyl sites for hydroxylation is 1. The summed E-state index contributed by atoms with van der Waals surface area (Å²) in [6, 6.07) is 16.5. The van der Waals surface area contributed by atoms with Crippen LogP contribution in [0.25, 0.3) is 0 Å². The molecule has 8 heteroatoms. The smallest absolute Gasteiger partial charge is 0.266 e. The number of benzene rings is 2. The largest absolute Gasteiger partial charge is 0.379 e. The van der Waals surface area contributed by atoms with Gasteiger partial charge in [0.15, 0.2) is 0 Å². The molecule has 1 saturated heterocycles. The Morgan fingerprint density at radius 2 is 1.75 bits per heavy atom. The Bertz CT molecular complexity index is 1130. The maximum atomic E-state index is 13.0. The van der Waals surface area contributed by atoms with Crippen molar-refractivity contribution < 1.29 is 14.3 Å². The molecule has 0 saturated carbocycles. The van der Waals surface area contributed by atoms with Gasteiger partial charge in [-0.05, 0) is 42.3 Å². The van der Waals surface area contributed by atoms with Gasteiger partial charge < -0.3 is 15.4 Å². The van der Waals surface area contributed by atoms with Gasteiger partial charge in [0.05, 0.1) is 33.7 Å². The first-order valence-electron chi connectivity index (χ1n) is 10.4. The van der Waals surface area contributed by atoms with E-state index in [2.05, 4.69) is 15.5 Å². The lowest BCUT2D eigenvalue weighted by Crippen LogP contribution is -2.35. The van der Waals surface area contributed by atoms with Gasteiger partial charge in [0.2, 0.25) is 0 Å². The number of hydrogen-bond acceptors (Lipinski definition) is 5. The molecule has 2 amide bonds. The first-order valence-corrected chi connectivity index (χ1v) is 11.6. The van der Waals surface area contributed by atoms with Crippen LogP contribution < -0.4 is 10.6 Å². The van der Waals surface area contributed by atoms with E-state index in [1.54, 1.807) is 30.3 Å². The lowest BCUT2D eigenvalue weighted by atomic mass is 10.1. The Balaban J connectivity index is 1.46. The normalized spacial score (nSPS) is 14.2. The molecular formula is C24H24ClN3O3S. The Morgan fingerprint density at radius 3 is 2.53 bits per heavy atom. The molecule has 6 nitrogen and oxygen atoms in total. The zero-order valence-electron chi connectivity index (χ0n) is 17.7. The molecule has 32 heavy (non-hydrogen) atoms. The van der Waals surface area contributed by atoms with Crippen LogP contribution in [0.4, 0.5) is 10.7 Å². The molecule has 4 rings (SSSR count). The van der Waals surface area contributed by atoms with Crippen molar-refractivity contribution >= 4 is 45.4 Å². The van der Waals surface area contributed by atoms with Crippen LogP contribution in [-0.2, 0) is 11.3 Å². The SMILES string of the molecule is Cc1cc(NC(=O)c2ccccc2Cl)sc1C(=O)Nc1ccccc1CN1CCOCC1. The lowest BCUT2D eigenvalue weighted by molar-refractivity contribution is 0.0342. The molecule has 166 valence electrons. The highest BCUT2D eigenvalue weighted by Crippen LogP contribution is 2.29. The van der Waals surface area contributed by atoms with Crippen LogP contribution in [0.15, 0.2) is 54.6 Å². The van der Waals surface area contributed by atoms with Crippen LogP contribution in [0.5, 0.6) is 0 Å². The molecule has 3 aromatic rings. The van der Waals surface area contributed by atoms with Gasteiger partial charge in [0.25, 0.3) is 11.8 Å². The van der Waals surface area contributed by atoms with E-state index in [-0.39, 0.29) is 11.8 Å². The minimum atomic E-state index is -0.306. The van der Waals surface area contributed by atoms with E-state index < -0.39 is 0 Å². The minimum Gasteiger partial charge on any atom is -0.379 e. The van der Waals surface area contributed by atoms with Crippen LogP contribution >= 0.6 is 22.9 Å². The number of carbonyl (C=O) groups is 2. The molecule has 2 heterocycles. The number of halogens is 1. The fraction of sp³-hybridized carbons (Fsp3) is 0.250. The van der Waals surface area contributed by atoms with Crippen LogP contribution in [0.1, 0.15) is 31.2 Å². The Hall–Kier alpha value is -2.71. The third-order valence-corrected chi connectivity index (χ3v) is 6.72. The number of hydrogen-bond donors (Lipinski definition) is 2. The number of para-hydroxylation sites is 1. The Morgan fingerprint density at radius 1 is 1.03 bits per heavy atom. The van der Waals surface area contributed by atoms with Gasteiger partial charge in [-0.15, -0.1) is 11.3 Å². The zero-order chi connectivity index (χ0) is 22.5. The Kier molecular flexibility index (Phi) is 7.22. The molecule has 0 unspecified atom stereocenters. The molecule has 0 radical (unpaired) electrons. The molecule has 2 N–H and O–H groups in total. The summed E-state index contributed by atoms with van der Waals surface area (Å²) in [6.45, 7) is 5.82. The van der Waals surface area contributed by atoms with Crippen molar-refractivity contribution in [1.29, 1.82) is 0 Å². The van der Waals surface area contributed by atoms with Crippen molar-refractivity contribution in [3.8, 4) is 0 Å². The average molecular weight is 470 g/mol. The third kappa shape index (κ3) is 5.37. The van der Waals surface area contributed by atoms with E-state index in [9.17, 15) is 9.59 Å². The summed E-state index contributed by atoms with van der Waals surface area (Å²) in [7, 11) is 0. The van der Waals surface area contributed by atoms with E-state index in [4.69, 9.17) is 16.3 Å². The molecule has 0 spiro atoms. The Labute approximate surface area is 196 Å². The van der Waals surface area contributed by atoms with E-state index in [0.717, 1.165) is 49.7 Å². The van der Waals surface area contributed by atoms with E-state index in [1.165, 1.54) is 11.3 Å². The number of nitrogens with zero attached hydrogens (tertiary/aromatic N) is 1. The van der Waals surface area contributed by atoms with Crippen LogP contribution in [0, 0.1) is 6.92 Å². The summed E-state index contributed by atoms with van der Waals surface area (Å²) in [4.78, 5) is 28.5. The van der Waals surface area contributed by atoms with Crippen LogP contribution in [-0.4, -0.2) is 43.0 Å². The molecule has 0 aliphatic carbocycles. The predicted molar refractivity (Wildman–Crippen MR) is 129 cm³/mol. The summed E-state index contributed by atoms with van der Waals surface area (Å²) in [6.07, 6.45) is 0. The molecule has 1 fully saturated rings. The quantitative estimate of drug-likeness (QED) is 0.530. The minimum absolute atomic E-state index is 0.194. The van der Waals surface area contributed by atoms with Gasteiger partial charge in [-0.25, -0.2) is 0 Å². The second kappa shape index (κ2) is 10.3. The average Bonchev–Trinajstić information content (AvgIpc) is 3.16. The van der Waals surface area contributed by atoms with Crippen molar-refractivity contribution in [1.82, 2.24) is 4.90 Å². The highest BCUT2D eigenvalue weighted by molar-refractivity contribution is 7.18. The van der Waals surface area contributed by atoms with Gasteiger partial charge in [0, 0.05) is 25.3 Å². The first kappa shape index (κ1) is 22.5. The monoisotopic (exact) mass is 469 g/mol. The van der Waals surface area contributed by atoms with E-state index in [1.807, 2.05) is 31.2 Å². The van der Waals surface area contributed by atoms with Crippen molar-refractivity contribution in [2.75, 3.05) is 36.9 Å². The molecular weight excluding hydrogens is 446 g/mol. The number of morpholine rings is 1. The molecule has 1 aromatic heterocycles. The lowest BCUT2D eigenvalue weighted by Gasteiger charge is -2.27. The van der Waals surface area contributed by atoms with Crippen LogP contribution in [0.3, 0.4) is 0 Å². The number of thiophene rings is 1. The zero-order valence-corrected chi connectivity index (χ0v) is 19.3. The van der Waals surface area contributed by atoms with E-state index in [0.29, 0.717) is 20.5 Å². The van der Waals surface area contributed by atoms with Crippen molar-refractivity contribution in [2.45, 2.75) is 13.5 Å². The summed E-state index contributed by atoms with van der Waals surface area (Å²) in [5.41, 5.74) is 3.04. The van der Waals surface area contributed by atoms with E-state index >= 15 is 0 Å². The van der Waals surface area contributed by atoms with Crippen LogP contribution in [0.2, 0.25) is 5.02 Å². The number of rotatable bonds is 6. The first-order chi connectivity index (χ1) is 15.5. The van der Waals surface area contributed by atoms with Gasteiger partial charge in [0.1, 0.15) is 0 Å². The number of amides is 2. The molecule has 1 aliphatic rings. The van der Waals surface area contributed by atoms with Gasteiger partial charge in [-0.1, -0.05) is 41.9 Å². The molecule has 0 bridgehead atoms. The molecule has 1 aliphatic heterocycles. The third-order valence-electron chi connectivity index (χ3n) is 5.24. The van der Waals surface area contributed by atoms with Crippen molar-refractivity contribution in [3.05, 3.63) is 81.2 Å². The molecule has 0 atom stereocenters. The highest BCUT2D eigenvalue weighted by atomic mass is 35.5.